The zero-order chi connectivity index (χ0) is 14.5. The van der Waals surface area contributed by atoms with Gasteiger partial charge < -0.3 is 15.0 Å². The van der Waals surface area contributed by atoms with Crippen molar-refractivity contribution in [2.24, 2.45) is 5.73 Å². The van der Waals surface area contributed by atoms with Gasteiger partial charge in [0.2, 0.25) is 0 Å². The van der Waals surface area contributed by atoms with Gasteiger partial charge in [0.15, 0.2) is 5.82 Å². The van der Waals surface area contributed by atoms with Gasteiger partial charge in [-0.05, 0) is 19.0 Å². The Hall–Kier alpha value is -2.48. The van der Waals surface area contributed by atoms with E-state index in [1.807, 2.05) is 0 Å². The molecule has 8 nitrogen and oxygen atoms in total. The van der Waals surface area contributed by atoms with Gasteiger partial charge >= 0.3 is 0 Å². The monoisotopic (exact) mass is 278 g/mol. The molecule has 2 N–H and O–H groups in total. The topological polar surface area (TPSA) is 117 Å². The van der Waals surface area contributed by atoms with Crippen LogP contribution in [0.25, 0.3) is 11.5 Å². The molecule has 0 spiro atoms. The third-order valence-corrected chi connectivity index (χ3v) is 2.70. The highest BCUT2D eigenvalue weighted by Gasteiger charge is 2.17. The summed E-state index contributed by atoms with van der Waals surface area (Å²) in [5, 5.41) is 14.6. The quantitative estimate of drug-likeness (QED) is 0.629. The van der Waals surface area contributed by atoms with Crippen molar-refractivity contribution in [2.45, 2.75) is 12.8 Å². The summed E-state index contributed by atoms with van der Waals surface area (Å²) in [6.07, 6.45) is 1.38. The van der Waals surface area contributed by atoms with Gasteiger partial charge in [0, 0.05) is 12.5 Å². The molecule has 20 heavy (non-hydrogen) atoms. The van der Waals surface area contributed by atoms with E-state index in [1.54, 1.807) is 0 Å². The van der Waals surface area contributed by atoms with Crippen molar-refractivity contribution in [1.29, 1.82) is 0 Å². The predicted molar refractivity (Wildman–Crippen MR) is 70.3 cm³/mol. The molecule has 0 amide bonds. The van der Waals surface area contributed by atoms with Crippen LogP contribution in [0.5, 0.6) is 5.75 Å². The van der Waals surface area contributed by atoms with Gasteiger partial charge in [0.1, 0.15) is 5.75 Å². The third kappa shape index (κ3) is 2.91. The number of nitro groups is 1. The summed E-state index contributed by atoms with van der Waals surface area (Å²) in [6, 6.07) is 4.21. The molecule has 0 fully saturated rings. The standard InChI is InChI=1S/C12H14N4O4/c1-19-10-7-8(16(17)18)4-5-9(10)12-14-11(15-20-12)3-2-6-13/h4-5,7H,2-3,6,13H2,1H3. The van der Waals surface area contributed by atoms with E-state index in [-0.39, 0.29) is 11.6 Å². The molecule has 2 aromatic rings. The molecule has 0 unspecified atom stereocenters. The number of methoxy groups -OCH3 is 1. The number of ether oxygens (including phenoxy) is 1. The molecule has 106 valence electrons. The molecule has 0 saturated heterocycles. The molecule has 1 heterocycles. The minimum atomic E-state index is -0.493. The summed E-state index contributed by atoms with van der Waals surface area (Å²) < 4.78 is 10.3. The maximum absolute atomic E-state index is 10.7. The smallest absolute Gasteiger partial charge is 0.273 e. The van der Waals surface area contributed by atoms with E-state index >= 15 is 0 Å². The molecule has 0 aliphatic carbocycles. The van der Waals surface area contributed by atoms with Crippen LogP contribution in [0, 0.1) is 10.1 Å². The number of nitrogens with two attached hydrogens (primary N) is 1. The minimum Gasteiger partial charge on any atom is -0.496 e. The summed E-state index contributed by atoms with van der Waals surface area (Å²) in [5.74, 6) is 1.13. The first-order valence-electron chi connectivity index (χ1n) is 6.01. The number of non-ortho nitro benzene ring substituents is 1. The van der Waals surface area contributed by atoms with Gasteiger partial charge in [-0.2, -0.15) is 4.98 Å². The van der Waals surface area contributed by atoms with Crippen molar-refractivity contribution in [3.63, 3.8) is 0 Å². The van der Waals surface area contributed by atoms with Crippen molar-refractivity contribution in [2.75, 3.05) is 13.7 Å². The minimum absolute atomic E-state index is 0.0616. The van der Waals surface area contributed by atoms with Crippen LogP contribution < -0.4 is 10.5 Å². The normalized spacial score (nSPS) is 10.5. The van der Waals surface area contributed by atoms with E-state index in [9.17, 15) is 10.1 Å². The van der Waals surface area contributed by atoms with Gasteiger partial charge in [-0.1, -0.05) is 5.16 Å². The van der Waals surface area contributed by atoms with Crippen LogP contribution in [0.3, 0.4) is 0 Å². The number of nitro benzene ring substituents is 1. The van der Waals surface area contributed by atoms with Crippen LogP contribution in [0.4, 0.5) is 5.69 Å². The molecule has 2 rings (SSSR count). The average molecular weight is 278 g/mol. The van der Waals surface area contributed by atoms with Crippen molar-refractivity contribution in [1.82, 2.24) is 10.1 Å². The summed E-state index contributed by atoms with van der Waals surface area (Å²) in [6.45, 7) is 0.546. The van der Waals surface area contributed by atoms with E-state index < -0.39 is 4.92 Å². The first-order chi connectivity index (χ1) is 9.65. The molecule has 8 heteroatoms. The fourth-order valence-corrected chi connectivity index (χ4v) is 1.70. The highest BCUT2D eigenvalue weighted by atomic mass is 16.6. The van der Waals surface area contributed by atoms with E-state index in [0.717, 1.165) is 6.42 Å². The van der Waals surface area contributed by atoms with E-state index in [4.69, 9.17) is 15.0 Å². The zero-order valence-corrected chi connectivity index (χ0v) is 10.9. The van der Waals surface area contributed by atoms with Crippen molar-refractivity contribution in [3.8, 4) is 17.2 Å². The van der Waals surface area contributed by atoms with Crippen LogP contribution >= 0.6 is 0 Å². The fraction of sp³-hybridized carbons (Fsp3) is 0.333. The molecule has 0 aliphatic rings. The fourth-order valence-electron chi connectivity index (χ4n) is 1.70. The van der Waals surface area contributed by atoms with E-state index in [0.29, 0.717) is 30.1 Å². The van der Waals surface area contributed by atoms with Gasteiger partial charge in [-0.15, -0.1) is 0 Å². The predicted octanol–water partition coefficient (Wildman–Crippen LogP) is 1.54. The van der Waals surface area contributed by atoms with Gasteiger partial charge in [0.25, 0.3) is 11.6 Å². The maximum Gasteiger partial charge on any atom is 0.273 e. The van der Waals surface area contributed by atoms with Crippen molar-refractivity contribution >= 4 is 5.69 Å². The molecular weight excluding hydrogens is 264 g/mol. The lowest BCUT2D eigenvalue weighted by Gasteiger charge is -2.03. The van der Waals surface area contributed by atoms with Crippen LogP contribution in [0.1, 0.15) is 12.2 Å². The lowest BCUT2D eigenvalue weighted by molar-refractivity contribution is -0.384. The Balaban J connectivity index is 2.32. The van der Waals surface area contributed by atoms with E-state index in [1.165, 1.54) is 25.3 Å². The first kappa shape index (κ1) is 13.9. The molecule has 0 saturated carbocycles. The first-order valence-corrected chi connectivity index (χ1v) is 6.01. The molecule has 1 aromatic heterocycles. The Kier molecular flexibility index (Phi) is 4.26. The van der Waals surface area contributed by atoms with Crippen LogP contribution in [0.2, 0.25) is 0 Å². The molecular formula is C12H14N4O4. The second-order valence-corrected chi connectivity index (χ2v) is 4.05. The largest absolute Gasteiger partial charge is 0.496 e. The van der Waals surface area contributed by atoms with E-state index in [2.05, 4.69) is 10.1 Å². The second-order valence-electron chi connectivity index (χ2n) is 4.05. The zero-order valence-electron chi connectivity index (χ0n) is 10.9. The van der Waals surface area contributed by atoms with Gasteiger partial charge in [0.05, 0.1) is 23.7 Å². The number of aromatic nitrogens is 2. The Morgan fingerprint density at radius 1 is 1.50 bits per heavy atom. The second kappa shape index (κ2) is 6.11. The Morgan fingerprint density at radius 3 is 2.95 bits per heavy atom. The molecule has 0 aliphatic heterocycles. The van der Waals surface area contributed by atoms with Crippen LogP contribution in [-0.2, 0) is 6.42 Å². The number of aryl methyl sites for hydroxylation is 1. The number of benzene rings is 1. The molecule has 1 aromatic carbocycles. The van der Waals surface area contributed by atoms with Gasteiger partial charge in [-0.3, -0.25) is 10.1 Å². The Morgan fingerprint density at radius 2 is 2.30 bits per heavy atom. The summed E-state index contributed by atoms with van der Waals surface area (Å²) in [7, 11) is 1.42. The lowest BCUT2D eigenvalue weighted by atomic mass is 10.2. The molecule has 0 radical (unpaired) electrons. The van der Waals surface area contributed by atoms with Crippen LogP contribution in [0.15, 0.2) is 22.7 Å². The highest BCUT2D eigenvalue weighted by Crippen LogP contribution is 2.32. The summed E-state index contributed by atoms with van der Waals surface area (Å²) in [5.41, 5.74) is 5.87. The number of nitrogens with zero attached hydrogens (tertiary/aromatic N) is 3. The average Bonchev–Trinajstić information content (AvgIpc) is 2.92. The summed E-state index contributed by atoms with van der Waals surface area (Å²) in [4.78, 5) is 14.5. The molecule has 0 atom stereocenters. The highest BCUT2D eigenvalue weighted by molar-refractivity contribution is 5.65. The van der Waals surface area contributed by atoms with Crippen molar-refractivity contribution < 1.29 is 14.2 Å². The summed E-state index contributed by atoms with van der Waals surface area (Å²) >= 11 is 0. The third-order valence-electron chi connectivity index (χ3n) is 2.70. The Bertz CT molecular complexity index is 611. The SMILES string of the molecule is COc1cc([N+](=O)[O-])ccc1-c1nc(CCCN)no1. The van der Waals surface area contributed by atoms with Gasteiger partial charge in [-0.25, -0.2) is 0 Å². The Labute approximate surface area is 114 Å². The molecule has 0 bridgehead atoms. The maximum atomic E-state index is 10.7. The van der Waals surface area contributed by atoms with Crippen molar-refractivity contribution in [3.05, 3.63) is 34.1 Å². The van der Waals surface area contributed by atoms with Crippen LogP contribution in [-0.4, -0.2) is 28.7 Å². The number of hydrogen-bond donors (Lipinski definition) is 1. The number of hydrogen-bond acceptors (Lipinski definition) is 7. The lowest BCUT2D eigenvalue weighted by Crippen LogP contribution is -2.01. The number of rotatable bonds is 6.